The first-order chi connectivity index (χ1) is 15.4. The number of rotatable bonds is 6. The standard InChI is InChI=1S/C24H31N5O2S/c1-5-10-25-23(30)17-7-6-11-28(14-17)24(31)18-12-20(21-9-8-16(4)32-21)27-22-19(18)13-26-29(22)15(2)3/h8-9,12-13,15,17H,5-7,10-11,14H2,1-4H3,(H,25,30). The average molecular weight is 454 g/mol. The molecule has 3 aromatic heterocycles. The predicted octanol–water partition coefficient (Wildman–Crippen LogP) is 4.43. The van der Waals surface area contributed by atoms with Crippen molar-refractivity contribution in [2.75, 3.05) is 19.6 Å². The lowest BCUT2D eigenvalue weighted by molar-refractivity contribution is -0.126. The monoisotopic (exact) mass is 453 g/mol. The first kappa shape index (κ1) is 22.5. The topological polar surface area (TPSA) is 80.1 Å². The van der Waals surface area contributed by atoms with E-state index in [-0.39, 0.29) is 23.8 Å². The third kappa shape index (κ3) is 4.41. The molecular formula is C24H31N5O2S. The summed E-state index contributed by atoms with van der Waals surface area (Å²) in [5.41, 5.74) is 2.12. The van der Waals surface area contributed by atoms with Crippen LogP contribution in [0.15, 0.2) is 24.4 Å². The van der Waals surface area contributed by atoms with Gasteiger partial charge in [-0.15, -0.1) is 11.3 Å². The van der Waals surface area contributed by atoms with Crippen LogP contribution in [0.3, 0.4) is 0 Å². The van der Waals surface area contributed by atoms with Crippen molar-refractivity contribution < 1.29 is 9.59 Å². The maximum atomic E-state index is 13.7. The summed E-state index contributed by atoms with van der Waals surface area (Å²) in [6.07, 6.45) is 4.29. The van der Waals surface area contributed by atoms with Gasteiger partial charge in [-0.2, -0.15) is 5.10 Å². The number of hydrogen-bond acceptors (Lipinski definition) is 5. The van der Waals surface area contributed by atoms with Crippen LogP contribution in [0.4, 0.5) is 0 Å². The zero-order valence-corrected chi connectivity index (χ0v) is 20.0. The van der Waals surface area contributed by atoms with Gasteiger partial charge >= 0.3 is 0 Å². The van der Waals surface area contributed by atoms with Crippen LogP contribution in [0, 0.1) is 12.8 Å². The van der Waals surface area contributed by atoms with E-state index >= 15 is 0 Å². The van der Waals surface area contributed by atoms with Gasteiger partial charge in [0, 0.05) is 30.6 Å². The maximum Gasteiger partial charge on any atom is 0.254 e. The SMILES string of the molecule is CCCNC(=O)C1CCCN(C(=O)c2cc(-c3ccc(C)s3)nc3c2cnn3C(C)C)C1. The number of carbonyl (C=O) groups excluding carboxylic acids is 2. The second kappa shape index (κ2) is 9.40. The van der Waals surface area contributed by atoms with Crippen LogP contribution in [0.2, 0.25) is 0 Å². The molecule has 1 aliphatic rings. The first-order valence-electron chi connectivity index (χ1n) is 11.4. The van der Waals surface area contributed by atoms with Gasteiger partial charge in [0.1, 0.15) is 0 Å². The molecule has 0 aliphatic carbocycles. The lowest BCUT2D eigenvalue weighted by Gasteiger charge is -2.32. The summed E-state index contributed by atoms with van der Waals surface area (Å²) in [6, 6.07) is 6.14. The van der Waals surface area contributed by atoms with E-state index in [2.05, 4.69) is 37.3 Å². The highest BCUT2D eigenvalue weighted by molar-refractivity contribution is 7.15. The lowest BCUT2D eigenvalue weighted by atomic mass is 9.96. The molecule has 3 aromatic rings. The van der Waals surface area contributed by atoms with Crippen molar-refractivity contribution in [2.45, 2.75) is 53.0 Å². The van der Waals surface area contributed by atoms with Gasteiger partial charge in [-0.05, 0) is 58.2 Å². The van der Waals surface area contributed by atoms with Crippen LogP contribution in [-0.2, 0) is 4.79 Å². The highest BCUT2D eigenvalue weighted by Gasteiger charge is 2.30. The fourth-order valence-electron chi connectivity index (χ4n) is 4.21. The second-order valence-electron chi connectivity index (χ2n) is 8.77. The zero-order valence-electron chi connectivity index (χ0n) is 19.2. The van der Waals surface area contributed by atoms with Crippen LogP contribution in [0.1, 0.15) is 61.3 Å². The Hall–Kier alpha value is -2.74. The van der Waals surface area contributed by atoms with Crippen LogP contribution >= 0.6 is 11.3 Å². The first-order valence-corrected chi connectivity index (χ1v) is 12.2. The van der Waals surface area contributed by atoms with E-state index in [4.69, 9.17) is 4.98 Å². The Morgan fingerprint density at radius 2 is 2.12 bits per heavy atom. The molecule has 0 spiro atoms. The highest BCUT2D eigenvalue weighted by Crippen LogP contribution is 2.31. The molecule has 1 fully saturated rings. The van der Waals surface area contributed by atoms with Crippen LogP contribution < -0.4 is 5.32 Å². The molecule has 4 heterocycles. The minimum Gasteiger partial charge on any atom is -0.356 e. The largest absolute Gasteiger partial charge is 0.356 e. The van der Waals surface area contributed by atoms with Gasteiger partial charge in [0.25, 0.3) is 5.91 Å². The number of pyridine rings is 1. The summed E-state index contributed by atoms with van der Waals surface area (Å²) in [4.78, 5) is 35.2. The van der Waals surface area contributed by atoms with Gasteiger partial charge in [-0.25, -0.2) is 9.67 Å². The molecule has 4 rings (SSSR count). The summed E-state index contributed by atoms with van der Waals surface area (Å²) in [7, 11) is 0. The van der Waals surface area contributed by atoms with Gasteiger partial charge in [0.15, 0.2) is 5.65 Å². The van der Waals surface area contributed by atoms with E-state index in [0.29, 0.717) is 25.2 Å². The van der Waals surface area contributed by atoms with Gasteiger partial charge in [0.05, 0.1) is 33.6 Å². The minimum absolute atomic E-state index is 0.0478. The summed E-state index contributed by atoms with van der Waals surface area (Å²) < 4.78 is 1.87. The van der Waals surface area contributed by atoms with Crippen LogP contribution in [0.25, 0.3) is 21.6 Å². The van der Waals surface area contributed by atoms with E-state index < -0.39 is 0 Å². The van der Waals surface area contributed by atoms with E-state index in [0.717, 1.165) is 40.9 Å². The Balaban J connectivity index is 1.71. The Morgan fingerprint density at radius 1 is 1.31 bits per heavy atom. The molecule has 2 amide bonds. The number of amides is 2. The molecule has 1 saturated heterocycles. The van der Waals surface area contributed by atoms with Crippen molar-refractivity contribution in [3.8, 4) is 10.6 Å². The second-order valence-corrected chi connectivity index (χ2v) is 10.1. The van der Waals surface area contributed by atoms with E-state index in [1.54, 1.807) is 17.5 Å². The number of carbonyl (C=O) groups is 2. The molecule has 8 heteroatoms. The van der Waals surface area contributed by atoms with Gasteiger partial charge < -0.3 is 10.2 Å². The molecule has 0 saturated carbocycles. The average Bonchev–Trinajstić information content (AvgIpc) is 3.42. The van der Waals surface area contributed by atoms with Crippen molar-refractivity contribution in [3.63, 3.8) is 0 Å². The third-order valence-corrected chi connectivity index (χ3v) is 6.93. The summed E-state index contributed by atoms with van der Waals surface area (Å²) in [6.45, 7) is 10.00. The molecule has 1 N–H and O–H groups in total. The Morgan fingerprint density at radius 3 is 2.81 bits per heavy atom. The van der Waals surface area contributed by atoms with Crippen molar-refractivity contribution in [1.82, 2.24) is 25.0 Å². The highest BCUT2D eigenvalue weighted by atomic mass is 32.1. The van der Waals surface area contributed by atoms with Gasteiger partial charge in [-0.3, -0.25) is 9.59 Å². The molecule has 1 unspecified atom stereocenters. The molecule has 32 heavy (non-hydrogen) atoms. The summed E-state index contributed by atoms with van der Waals surface area (Å²) >= 11 is 1.66. The molecule has 0 bridgehead atoms. The number of piperidine rings is 1. The quantitative estimate of drug-likeness (QED) is 0.599. The van der Waals surface area contributed by atoms with Crippen molar-refractivity contribution in [1.29, 1.82) is 0 Å². The molecule has 1 aliphatic heterocycles. The van der Waals surface area contributed by atoms with Crippen molar-refractivity contribution >= 4 is 34.2 Å². The number of aryl methyl sites for hydroxylation is 1. The molecule has 1 atom stereocenters. The number of hydrogen-bond donors (Lipinski definition) is 1. The Kier molecular flexibility index (Phi) is 6.60. The molecular weight excluding hydrogens is 422 g/mol. The van der Waals surface area contributed by atoms with E-state index in [1.807, 2.05) is 28.6 Å². The molecule has 0 radical (unpaired) electrons. The number of fused-ring (bicyclic) bond motifs is 1. The number of likely N-dealkylation sites (tertiary alicyclic amines) is 1. The number of nitrogens with one attached hydrogen (secondary N) is 1. The van der Waals surface area contributed by atoms with Gasteiger partial charge in [0.2, 0.25) is 5.91 Å². The fraction of sp³-hybridized carbons (Fsp3) is 0.500. The van der Waals surface area contributed by atoms with Gasteiger partial charge in [-0.1, -0.05) is 6.92 Å². The number of thiophene rings is 1. The van der Waals surface area contributed by atoms with Crippen molar-refractivity contribution in [2.24, 2.45) is 5.92 Å². The lowest BCUT2D eigenvalue weighted by Crippen LogP contribution is -2.45. The van der Waals surface area contributed by atoms with Crippen LogP contribution in [0.5, 0.6) is 0 Å². The van der Waals surface area contributed by atoms with E-state index in [9.17, 15) is 9.59 Å². The summed E-state index contributed by atoms with van der Waals surface area (Å²) in [5.74, 6) is -0.163. The number of nitrogens with zero attached hydrogens (tertiary/aromatic N) is 4. The molecule has 170 valence electrons. The predicted molar refractivity (Wildman–Crippen MR) is 128 cm³/mol. The van der Waals surface area contributed by atoms with E-state index in [1.165, 1.54) is 4.88 Å². The zero-order chi connectivity index (χ0) is 22.8. The maximum absolute atomic E-state index is 13.7. The van der Waals surface area contributed by atoms with Crippen LogP contribution in [-0.4, -0.2) is 51.1 Å². The Labute approximate surface area is 192 Å². The molecule has 0 aromatic carbocycles. The fourth-order valence-corrected chi connectivity index (χ4v) is 5.04. The molecule has 7 nitrogen and oxygen atoms in total. The Bertz CT molecular complexity index is 1130. The normalized spacial score (nSPS) is 16.7. The smallest absolute Gasteiger partial charge is 0.254 e. The third-order valence-electron chi connectivity index (χ3n) is 5.91. The minimum atomic E-state index is -0.158. The number of aromatic nitrogens is 3. The summed E-state index contributed by atoms with van der Waals surface area (Å²) in [5, 5.41) is 8.27. The van der Waals surface area contributed by atoms with Crippen molar-refractivity contribution in [3.05, 3.63) is 34.8 Å².